The van der Waals surface area contributed by atoms with Crippen LogP contribution in [-0.4, -0.2) is 37.8 Å². The van der Waals surface area contributed by atoms with Crippen molar-refractivity contribution in [3.8, 4) is 0 Å². The molecule has 2 N–H and O–H groups in total. The lowest BCUT2D eigenvalue weighted by Gasteiger charge is -2.54. The summed E-state index contributed by atoms with van der Waals surface area (Å²) in [4.78, 5) is 35.4. The van der Waals surface area contributed by atoms with Crippen molar-refractivity contribution in [2.75, 3.05) is 0 Å². The fraction of sp³-hybridized carbons (Fsp3) is 0.562. The highest BCUT2D eigenvalue weighted by molar-refractivity contribution is 5.96. The number of benzene rings is 1. The number of rotatable bonds is 3. The highest BCUT2D eigenvalue weighted by atomic mass is 16.6. The van der Waals surface area contributed by atoms with Crippen LogP contribution in [0.5, 0.6) is 0 Å². The fourth-order valence-corrected chi connectivity index (χ4v) is 3.97. The van der Waals surface area contributed by atoms with Crippen LogP contribution in [-0.2, 0) is 0 Å². The van der Waals surface area contributed by atoms with E-state index in [1.165, 1.54) is 0 Å². The standard InChI is InChI=1S/C16H22N4O5/c1-15(2)8-11(17)9-16(3,4)18(15)14(21)10-5-12(19(22)23)7-13(6-10)20(24)25/h5-7,11H,8-9,17H2,1-4H3. The lowest BCUT2D eigenvalue weighted by Crippen LogP contribution is -2.65. The van der Waals surface area contributed by atoms with Crippen molar-refractivity contribution in [3.05, 3.63) is 44.0 Å². The molecule has 0 aliphatic carbocycles. The first-order chi connectivity index (χ1) is 11.3. The van der Waals surface area contributed by atoms with Gasteiger partial charge in [-0.25, -0.2) is 0 Å². The van der Waals surface area contributed by atoms with Gasteiger partial charge in [-0.05, 0) is 40.5 Å². The maximum absolute atomic E-state index is 13.1. The number of nitro benzene ring substituents is 2. The molecular weight excluding hydrogens is 328 g/mol. The van der Waals surface area contributed by atoms with Crippen LogP contribution < -0.4 is 5.73 Å². The molecule has 9 nitrogen and oxygen atoms in total. The molecule has 0 saturated carbocycles. The van der Waals surface area contributed by atoms with E-state index in [9.17, 15) is 25.0 Å². The van der Waals surface area contributed by atoms with Crippen LogP contribution in [0.4, 0.5) is 11.4 Å². The Morgan fingerprint density at radius 3 is 1.80 bits per heavy atom. The Morgan fingerprint density at radius 1 is 1.04 bits per heavy atom. The molecule has 9 heteroatoms. The number of likely N-dealkylation sites (tertiary alicyclic amines) is 1. The summed E-state index contributed by atoms with van der Waals surface area (Å²) in [5.41, 5.74) is 3.89. The van der Waals surface area contributed by atoms with Crippen molar-refractivity contribution in [2.45, 2.75) is 57.7 Å². The summed E-state index contributed by atoms with van der Waals surface area (Å²) in [6, 6.07) is 2.93. The number of nitrogens with zero attached hydrogens (tertiary/aromatic N) is 3. The second-order valence-corrected chi connectivity index (χ2v) is 7.69. The Hall–Kier alpha value is -2.55. The van der Waals surface area contributed by atoms with E-state index in [1.807, 2.05) is 27.7 Å². The number of nitrogens with two attached hydrogens (primary N) is 1. The summed E-state index contributed by atoms with van der Waals surface area (Å²) < 4.78 is 0. The first-order valence-electron chi connectivity index (χ1n) is 7.89. The third-order valence-corrected chi connectivity index (χ3v) is 4.51. The van der Waals surface area contributed by atoms with Gasteiger partial charge in [-0.3, -0.25) is 25.0 Å². The van der Waals surface area contributed by atoms with Gasteiger partial charge < -0.3 is 10.6 Å². The van der Waals surface area contributed by atoms with Gasteiger partial charge in [-0.2, -0.15) is 0 Å². The summed E-state index contributed by atoms with van der Waals surface area (Å²) in [5.74, 6) is -0.478. The number of hydrogen-bond donors (Lipinski definition) is 1. The molecule has 1 amide bonds. The molecule has 1 aliphatic rings. The summed E-state index contributed by atoms with van der Waals surface area (Å²) in [7, 11) is 0. The van der Waals surface area contributed by atoms with E-state index in [0.717, 1.165) is 18.2 Å². The second-order valence-electron chi connectivity index (χ2n) is 7.69. The van der Waals surface area contributed by atoms with Gasteiger partial charge in [0, 0.05) is 29.3 Å². The van der Waals surface area contributed by atoms with Gasteiger partial charge in [0.15, 0.2) is 0 Å². The lowest BCUT2D eigenvalue weighted by molar-refractivity contribution is -0.394. The summed E-state index contributed by atoms with van der Waals surface area (Å²) in [6.45, 7) is 7.49. The molecule has 25 heavy (non-hydrogen) atoms. The molecule has 0 spiro atoms. The number of nitro groups is 2. The molecule has 1 saturated heterocycles. The van der Waals surface area contributed by atoms with Gasteiger partial charge in [0.25, 0.3) is 17.3 Å². The first-order valence-corrected chi connectivity index (χ1v) is 7.89. The van der Waals surface area contributed by atoms with E-state index in [-0.39, 0.29) is 11.6 Å². The van der Waals surface area contributed by atoms with Crippen LogP contribution >= 0.6 is 0 Å². The predicted molar refractivity (Wildman–Crippen MR) is 91.3 cm³/mol. The average Bonchev–Trinajstić information content (AvgIpc) is 2.43. The van der Waals surface area contributed by atoms with Crippen molar-refractivity contribution in [1.29, 1.82) is 0 Å². The van der Waals surface area contributed by atoms with Crippen molar-refractivity contribution >= 4 is 17.3 Å². The zero-order valence-corrected chi connectivity index (χ0v) is 14.7. The normalized spacial score (nSPS) is 19.5. The molecule has 0 aromatic heterocycles. The van der Waals surface area contributed by atoms with Crippen molar-refractivity contribution in [3.63, 3.8) is 0 Å². The zero-order valence-electron chi connectivity index (χ0n) is 14.7. The molecule has 1 heterocycles. The van der Waals surface area contributed by atoms with Crippen molar-refractivity contribution in [2.24, 2.45) is 5.73 Å². The Kier molecular flexibility index (Phi) is 4.56. The van der Waals surface area contributed by atoms with E-state index >= 15 is 0 Å². The zero-order chi connectivity index (χ0) is 19.2. The molecule has 1 aromatic rings. The molecule has 1 aliphatic heterocycles. The molecule has 136 valence electrons. The third-order valence-electron chi connectivity index (χ3n) is 4.51. The fourth-order valence-electron chi connectivity index (χ4n) is 3.97. The molecule has 1 aromatic carbocycles. The molecule has 1 fully saturated rings. The van der Waals surface area contributed by atoms with E-state index in [2.05, 4.69) is 0 Å². The Balaban J connectivity index is 2.55. The van der Waals surface area contributed by atoms with Gasteiger partial charge in [0.2, 0.25) is 0 Å². The van der Waals surface area contributed by atoms with E-state index in [0.29, 0.717) is 12.8 Å². The van der Waals surface area contributed by atoms with Crippen LogP contribution in [0, 0.1) is 20.2 Å². The van der Waals surface area contributed by atoms with Gasteiger partial charge >= 0.3 is 0 Å². The van der Waals surface area contributed by atoms with Gasteiger partial charge in [-0.1, -0.05) is 0 Å². The predicted octanol–water partition coefficient (Wildman–Crippen LogP) is 2.62. The van der Waals surface area contributed by atoms with Crippen LogP contribution in [0.25, 0.3) is 0 Å². The summed E-state index contributed by atoms with van der Waals surface area (Å²) >= 11 is 0. The largest absolute Gasteiger partial charge is 0.328 e. The van der Waals surface area contributed by atoms with Crippen LogP contribution in [0.1, 0.15) is 50.9 Å². The van der Waals surface area contributed by atoms with Crippen LogP contribution in [0.2, 0.25) is 0 Å². The van der Waals surface area contributed by atoms with E-state index in [1.54, 1.807) is 4.90 Å². The third kappa shape index (κ3) is 3.60. The maximum atomic E-state index is 13.1. The SMILES string of the molecule is CC1(C)CC(N)CC(C)(C)N1C(=O)c1cc([N+](=O)[O-])cc([N+](=O)[O-])c1. The van der Waals surface area contributed by atoms with E-state index < -0.39 is 38.2 Å². The lowest BCUT2D eigenvalue weighted by atomic mass is 9.77. The Morgan fingerprint density at radius 2 is 1.44 bits per heavy atom. The highest BCUT2D eigenvalue weighted by Crippen LogP contribution is 2.39. The van der Waals surface area contributed by atoms with Crippen molar-refractivity contribution < 1.29 is 14.6 Å². The molecule has 0 unspecified atom stereocenters. The summed E-state index contributed by atoms with van der Waals surface area (Å²) in [5, 5.41) is 22.1. The molecule has 0 radical (unpaired) electrons. The Bertz CT molecular complexity index is 694. The van der Waals surface area contributed by atoms with Crippen molar-refractivity contribution in [1.82, 2.24) is 4.90 Å². The van der Waals surface area contributed by atoms with Gasteiger partial charge in [-0.15, -0.1) is 0 Å². The van der Waals surface area contributed by atoms with Gasteiger partial charge in [0.05, 0.1) is 21.5 Å². The second kappa shape index (κ2) is 6.07. The number of carbonyl (C=O) groups is 1. The molecule has 2 rings (SSSR count). The smallest absolute Gasteiger partial charge is 0.277 e. The van der Waals surface area contributed by atoms with E-state index in [4.69, 9.17) is 5.73 Å². The number of hydrogen-bond acceptors (Lipinski definition) is 6. The Labute approximate surface area is 145 Å². The quantitative estimate of drug-likeness (QED) is 0.658. The number of carbonyl (C=O) groups excluding carboxylic acids is 1. The molecule has 0 bridgehead atoms. The minimum atomic E-state index is -0.744. The van der Waals surface area contributed by atoms with Gasteiger partial charge in [0.1, 0.15) is 0 Å². The molecular formula is C16H22N4O5. The highest BCUT2D eigenvalue weighted by Gasteiger charge is 2.47. The maximum Gasteiger partial charge on any atom is 0.277 e. The number of amides is 1. The topological polar surface area (TPSA) is 133 Å². The minimum Gasteiger partial charge on any atom is -0.328 e. The molecule has 0 atom stereocenters. The number of piperidine rings is 1. The summed E-state index contributed by atoms with van der Waals surface area (Å²) in [6.07, 6.45) is 1.14. The minimum absolute atomic E-state index is 0.0717. The average molecular weight is 350 g/mol. The van der Waals surface area contributed by atoms with Crippen LogP contribution in [0.15, 0.2) is 18.2 Å². The monoisotopic (exact) mass is 350 g/mol. The van der Waals surface area contributed by atoms with Crippen LogP contribution in [0.3, 0.4) is 0 Å². The first kappa shape index (κ1) is 18.8. The number of non-ortho nitro benzene ring substituents is 2.